The van der Waals surface area contributed by atoms with Crippen molar-refractivity contribution in [1.29, 1.82) is 0 Å². The fourth-order valence-electron chi connectivity index (χ4n) is 6.53. The van der Waals surface area contributed by atoms with Gasteiger partial charge in [-0.1, -0.05) is 223 Å². The van der Waals surface area contributed by atoms with Crippen molar-refractivity contribution < 1.29 is 15.3 Å². The van der Waals surface area contributed by atoms with Crippen LogP contribution in [0.4, 0.5) is 0 Å². The normalized spacial score (nSPS) is 13.5. The van der Waals surface area contributed by atoms with Gasteiger partial charge in [0.1, 0.15) is 0 Å². The topological polar surface area (TPSA) is 69.2 Å². The maximum Gasteiger partial charge on any atom is 3.00 e. The molecule has 0 aliphatic heterocycles. The van der Waals surface area contributed by atoms with E-state index in [-0.39, 0.29) is 92.2 Å². The molecule has 3 rings (SSSR count). The molecule has 0 aromatic heterocycles. The predicted octanol–water partition coefficient (Wildman–Crippen LogP) is 13.6. The van der Waals surface area contributed by atoms with Crippen molar-refractivity contribution in [2.45, 2.75) is 236 Å². The van der Waals surface area contributed by atoms with Crippen molar-refractivity contribution in [1.82, 2.24) is 0 Å². The Morgan fingerprint density at radius 2 is 0.328 bits per heavy atom. The van der Waals surface area contributed by atoms with Crippen LogP contribution >= 0.6 is 0 Å². The first-order valence-corrected chi connectivity index (χ1v) is 21.3. The van der Waals surface area contributed by atoms with Crippen LogP contribution in [0.1, 0.15) is 237 Å². The van der Waals surface area contributed by atoms with E-state index < -0.39 is 0 Å². The molecule has 0 aliphatic rings. The molecule has 4 heteroatoms. The van der Waals surface area contributed by atoms with Gasteiger partial charge in [0.15, 0.2) is 0 Å². The third-order valence-electron chi connectivity index (χ3n) is 10.7. The van der Waals surface area contributed by atoms with Gasteiger partial charge in [0.05, 0.1) is 0 Å². The molecule has 2 radical (unpaired) electrons. The van der Waals surface area contributed by atoms with Gasteiger partial charge in [0, 0.05) is 0 Å². The number of hydrogen-bond acceptors (Lipinski definition) is 3. The minimum absolute atomic E-state index is 0. The van der Waals surface area contributed by atoms with Crippen LogP contribution in [0, 0.1) is 0 Å². The van der Waals surface area contributed by atoms with Crippen LogP contribution in [0.2, 0.25) is 0 Å². The summed E-state index contributed by atoms with van der Waals surface area (Å²) in [4.78, 5) is 0. The van der Waals surface area contributed by atoms with Gasteiger partial charge in [0.2, 0.25) is 0 Å². The van der Waals surface area contributed by atoms with Gasteiger partial charge < -0.3 is 15.3 Å². The summed E-state index contributed by atoms with van der Waals surface area (Å²) in [5.41, 5.74) is 8.88. The SMILES string of the molecule is CC(C)(C)c1cc(C(C)(C)C)c([O-])c(C(C)(C)C)c1.CC(C)(C)c1cc(C(C)(C)C)c([O-])c(C(C)(C)C)c1.CC(C)(C)c1cc(C(C)(C)C)c([O-])c(C(C)(C)C)c1.[Bi+3]. The van der Waals surface area contributed by atoms with Crippen LogP contribution in [0.3, 0.4) is 0 Å². The van der Waals surface area contributed by atoms with Crippen LogP contribution in [-0.2, 0) is 48.7 Å². The molecule has 0 spiro atoms. The van der Waals surface area contributed by atoms with Crippen LogP contribution in [0.25, 0.3) is 0 Å². The molecule has 0 N–H and O–H groups in total. The third-order valence-corrected chi connectivity index (χ3v) is 10.7. The van der Waals surface area contributed by atoms with E-state index in [0.717, 1.165) is 33.4 Å². The van der Waals surface area contributed by atoms with Crippen molar-refractivity contribution in [3.63, 3.8) is 0 Å². The van der Waals surface area contributed by atoms with Gasteiger partial charge in [-0.3, -0.25) is 0 Å². The predicted molar refractivity (Wildman–Crippen MR) is 252 cm³/mol. The first-order valence-electron chi connectivity index (χ1n) is 21.3. The second-order valence-corrected chi connectivity index (χ2v) is 26.0. The van der Waals surface area contributed by atoms with Gasteiger partial charge in [-0.15, -0.1) is 17.2 Å². The average molecular weight is 993 g/mol. The van der Waals surface area contributed by atoms with Crippen LogP contribution in [-0.4, -0.2) is 26.2 Å². The Hall–Kier alpha value is -2.06. The second kappa shape index (κ2) is 18.1. The van der Waals surface area contributed by atoms with Crippen molar-refractivity contribution in [3.05, 3.63) is 86.5 Å². The minimum Gasteiger partial charge on any atom is -0.872 e. The van der Waals surface area contributed by atoms with E-state index in [1.165, 1.54) is 16.7 Å². The zero-order valence-corrected chi connectivity index (χ0v) is 46.1. The Morgan fingerprint density at radius 3 is 0.397 bits per heavy atom. The van der Waals surface area contributed by atoms with Crippen molar-refractivity contribution in [3.8, 4) is 17.2 Å². The van der Waals surface area contributed by atoms with E-state index in [1.54, 1.807) is 0 Å². The van der Waals surface area contributed by atoms with Crippen molar-refractivity contribution >= 4 is 26.2 Å². The van der Waals surface area contributed by atoms with E-state index in [4.69, 9.17) is 0 Å². The average Bonchev–Trinajstić information content (AvgIpc) is 2.92. The Balaban J connectivity index is 0.000000833. The number of rotatable bonds is 0. The van der Waals surface area contributed by atoms with E-state index in [0.29, 0.717) is 0 Å². The van der Waals surface area contributed by atoms with Crippen LogP contribution in [0.5, 0.6) is 17.2 Å². The van der Waals surface area contributed by atoms with Crippen molar-refractivity contribution in [2.75, 3.05) is 0 Å². The molecule has 3 nitrogen and oxygen atoms in total. The number of benzene rings is 3. The molecule has 0 fully saturated rings. The Bertz CT molecular complexity index is 1510. The molecule has 0 saturated heterocycles. The summed E-state index contributed by atoms with van der Waals surface area (Å²) in [5, 5.41) is 38.2. The van der Waals surface area contributed by atoms with Gasteiger partial charge >= 0.3 is 26.2 Å². The molecule has 0 amide bonds. The molecule has 0 atom stereocenters. The zero-order valence-electron chi connectivity index (χ0n) is 42.6. The first kappa shape index (κ1) is 55.9. The molecule has 0 aliphatic carbocycles. The summed E-state index contributed by atoms with van der Waals surface area (Å²) in [6, 6.07) is 12.7. The zero-order chi connectivity index (χ0) is 45.7. The molecule has 0 heterocycles. The Labute approximate surface area is 378 Å². The van der Waals surface area contributed by atoms with Gasteiger partial charge in [-0.25, -0.2) is 0 Å². The standard InChI is InChI=1S/3C18H30O.Bi/c3*1-16(2,3)12-10-13(17(4,5)6)15(19)14(11-12)18(7,8)9;/h3*10-11,19H,1-9H3;/q;;;+3/p-3. The van der Waals surface area contributed by atoms with E-state index >= 15 is 0 Å². The fourth-order valence-corrected chi connectivity index (χ4v) is 6.53. The smallest absolute Gasteiger partial charge is 0.872 e. The molecule has 0 bridgehead atoms. The first-order chi connectivity index (χ1) is 24.7. The molecule has 3 aromatic rings. The maximum atomic E-state index is 12.7. The summed E-state index contributed by atoms with van der Waals surface area (Å²) in [6.45, 7) is 57.8. The summed E-state index contributed by atoms with van der Waals surface area (Å²) < 4.78 is 0. The quantitative estimate of drug-likeness (QED) is 0.211. The summed E-state index contributed by atoms with van der Waals surface area (Å²) in [6.07, 6.45) is 0. The van der Waals surface area contributed by atoms with Gasteiger partial charge in [0.25, 0.3) is 0 Å². The second-order valence-electron chi connectivity index (χ2n) is 26.0. The minimum atomic E-state index is -0.113. The summed E-state index contributed by atoms with van der Waals surface area (Å²) >= 11 is 0. The Morgan fingerprint density at radius 1 is 0.224 bits per heavy atom. The van der Waals surface area contributed by atoms with Crippen LogP contribution < -0.4 is 15.3 Å². The fraction of sp³-hybridized carbons (Fsp3) is 0.667. The molecule has 326 valence electrons. The summed E-state index contributed by atoms with van der Waals surface area (Å²) in [5.74, 6) is 0.647. The summed E-state index contributed by atoms with van der Waals surface area (Å²) in [7, 11) is 0. The molecule has 58 heavy (non-hydrogen) atoms. The molecule has 0 saturated carbocycles. The van der Waals surface area contributed by atoms with Gasteiger partial charge in [-0.05, 0) is 98.8 Å². The molecule has 3 aromatic carbocycles. The maximum absolute atomic E-state index is 12.7. The monoisotopic (exact) mass is 993 g/mol. The molecule has 0 unspecified atom stereocenters. The number of hydrogen-bond donors (Lipinski definition) is 0. The van der Waals surface area contributed by atoms with E-state index in [1.807, 2.05) is 0 Å². The molecular formula is C54H87BiO3. The van der Waals surface area contributed by atoms with E-state index in [2.05, 4.69) is 223 Å². The largest absolute Gasteiger partial charge is 3.00 e. The Kier molecular flexibility index (Phi) is 17.5. The van der Waals surface area contributed by atoms with Gasteiger partial charge in [-0.2, -0.15) is 0 Å². The van der Waals surface area contributed by atoms with Crippen molar-refractivity contribution in [2.24, 2.45) is 0 Å². The third kappa shape index (κ3) is 15.1. The van der Waals surface area contributed by atoms with E-state index in [9.17, 15) is 15.3 Å². The molecular weight excluding hydrogens is 906 g/mol. The van der Waals surface area contributed by atoms with Crippen LogP contribution in [0.15, 0.2) is 36.4 Å².